The molecule has 0 saturated heterocycles. The molecule has 0 amide bonds. The Morgan fingerprint density at radius 1 is 1.33 bits per heavy atom. The summed E-state index contributed by atoms with van der Waals surface area (Å²) in [7, 11) is -3.73. The van der Waals surface area contributed by atoms with Gasteiger partial charge >= 0.3 is 0 Å². The van der Waals surface area contributed by atoms with Crippen LogP contribution in [0.15, 0.2) is 17.3 Å². The maximum Gasteiger partial charge on any atom is 0.244 e. The average Bonchev–Trinajstić information content (AvgIpc) is 2.90. The molecule has 0 fully saturated rings. The van der Waals surface area contributed by atoms with Gasteiger partial charge in [0.2, 0.25) is 16.0 Å². The smallest absolute Gasteiger partial charge is 0.244 e. The maximum absolute atomic E-state index is 11.8. The zero-order chi connectivity index (χ0) is 13.0. The lowest BCUT2D eigenvalue weighted by Gasteiger charge is -2.04. The normalized spacial score (nSPS) is 11.4. The summed E-state index contributed by atoms with van der Waals surface area (Å²) in [5.74, 6) is 5.40. The molecule has 0 aliphatic carbocycles. The van der Waals surface area contributed by atoms with Crippen molar-refractivity contribution < 1.29 is 8.42 Å². The number of nitrogens with one attached hydrogen (secondary N) is 3. The van der Waals surface area contributed by atoms with Crippen molar-refractivity contribution in [3.63, 3.8) is 0 Å². The summed E-state index contributed by atoms with van der Waals surface area (Å²) >= 11 is 0. The highest BCUT2D eigenvalue weighted by Gasteiger charge is 2.15. The fraction of sp³-hybridized carbons (Fsp3) is 0.167. The number of aromatic amines is 1. The van der Waals surface area contributed by atoms with Crippen molar-refractivity contribution in [2.75, 3.05) is 5.43 Å². The van der Waals surface area contributed by atoms with Crippen molar-refractivity contribution in [3.05, 3.63) is 18.2 Å². The number of anilines is 1. The predicted molar refractivity (Wildman–Crippen MR) is 58.0 cm³/mol. The number of nitrogens with two attached hydrogens (primary N) is 1. The molecule has 0 aliphatic heterocycles. The molecular weight excluding hydrogens is 262 g/mol. The molecule has 5 N–H and O–H groups in total. The molecule has 0 radical (unpaired) electrons. The van der Waals surface area contributed by atoms with Gasteiger partial charge in [-0.25, -0.2) is 29.0 Å². The van der Waals surface area contributed by atoms with E-state index in [4.69, 9.17) is 5.84 Å². The van der Waals surface area contributed by atoms with Crippen molar-refractivity contribution in [2.45, 2.75) is 11.4 Å². The molecule has 2 heterocycles. The highest BCUT2D eigenvalue weighted by atomic mass is 32.2. The zero-order valence-corrected chi connectivity index (χ0v) is 9.72. The number of hydrogen-bond donors (Lipinski definition) is 4. The summed E-state index contributed by atoms with van der Waals surface area (Å²) in [4.78, 5) is 7.29. The Hall–Kier alpha value is -2.18. The number of sulfonamides is 1. The lowest BCUT2D eigenvalue weighted by atomic mass is 10.6. The highest BCUT2D eigenvalue weighted by Crippen LogP contribution is 2.06. The molecule has 12 heteroatoms. The Morgan fingerprint density at radius 2 is 2.06 bits per heavy atom. The predicted octanol–water partition coefficient (Wildman–Crippen LogP) is -2.25. The minimum atomic E-state index is -3.73. The van der Waals surface area contributed by atoms with Crippen LogP contribution < -0.4 is 16.0 Å². The summed E-state index contributed by atoms with van der Waals surface area (Å²) in [5, 5.41) is 12.7. The van der Waals surface area contributed by atoms with E-state index in [1.165, 1.54) is 0 Å². The molecule has 18 heavy (non-hydrogen) atoms. The molecule has 0 bridgehead atoms. The third-order valence-electron chi connectivity index (χ3n) is 1.88. The van der Waals surface area contributed by atoms with Crippen LogP contribution in [-0.2, 0) is 16.6 Å². The summed E-state index contributed by atoms with van der Waals surface area (Å²) in [6.07, 6.45) is 2.25. The van der Waals surface area contributed by atoms with Gasteiger partial charge in [0.15, 0.2) is 5.82 Å². The van der Waals surface area contributed by atoms with Gasteiger partial charge in [0.25, 0.3) is 0 Å². The minimum absolute atomic E-state index is 0.0876. The number of nitrogen functional groups attached to an aromatic ring is 1. The summed E-state index contributed by atoms with van der Waals surface area (Å²) in [6, 6.07) is 0. The second-order valence-corrected chi connectivity index (χ2v) is 4.81. The van der Waals surface area contributed by atoms with Crippen molar-refractivity contribution in [1.82, 2.24) is 35.3 Å². The summed E-state index contributed by atoms with van der Waals surface area (Å²) in [5.41, 5.74) is 2.19. The van der Waals surface area contributed by atoms with Gasteiger partial charge in [0.1, 0.15) is 4.90 Å². The van der Waals surface area contributed by atoms with Gasteiger partial charge in [-0.2, -0.15) is 5.21 Å². The first-order valence-electron chi connectivity index (χ1n) is 4.62. The Labute approximate surface area is 101 Å². The average molecular weight is 271 g/mol. The number of rotatable bonds is 5. The number of aromatic nitrogens is 6. The Kier molecular flexibility index (Phi) is 3.40. The molecule has 0 spiro atoms. The standard InChI is InChI=1S/C6H9N9O2S/c7-11-6-8-1-4(2-9-6)18(16,17)10-3-5-12-14-15-13-5/h1-2,10H,3,7H2,(H,8,9,11)(H,12,13,14,15). The van der Waals surface area contributed by atoms with Gasteiger partial charge in [-0.1, -0.05) is 5.21 Å². The molecule has 2 rings (SSSR count). The molecule has 0 aromatic carbocycles. The SMILES string of the molecule is NNc1ncc(S(=O)(=O)NCc2nn[nH]n2)cn1. The number of hydrazine groups is 1. The van der Waals surface area contributed by atoms with Crippen LogP contribution in [0.1, 0.15) is 5.82 Å². The van der Waals surface area contributed by atoms with Crippen molar-refractivity contribution in [1.29, 1.82) is 0 Å². The van der Waals surface area contributed by atoms with Crippen LogP contribution >= 0.6 is 0 Å². The van der Waals surface area contributed by atoms with Gasteiger partial charge in [-0.15, -0.1) is 10.2 Å². The molecule has 96 valence electrons. The van der Waals surface area contributed by atoms with Crippen LogP contribution in [0.4, 0.5) is 5.95 Å². The molecule has 2 aromatic rings. The van der Waals surface area contributed by atoms with Crippen molar-refractivity contribution in [2.24, 2.45) is 5.84 Å². The van der Waals surface area contributed by atoms with E-state index in [2.05, 4.69) is 40.7 Å². The van der Waals surface area contributed by atoms with Gasteiger partial charge < -0.3 is 0 Å². The maximum atomic E-state index is 11.8. The first kappa shape index (κ1) is 12.3. The molecule has 0 aliphatic rings. The van der Waals surface area contributed by atoms with E-state index in [0.717, 1.165) is 12.4 Å². The first-order valence-corrected chi connectivity index (χ1v) is 6.11. The Morgan fingerprint density at radius 3 is 2.61 bits per heavy atom. The first-order chi connectivity index (χ1) is 8.62. The fourth-order valence-corrected chi connectivity index (χ4v) is 1.90. The quantitative estimate of drug-likeness (QED) is 0.347. The van der Waals surface area contributed by atoms with Crippen LogP contribution in [0.2, 0.25) is 0 Å². The summed E-state index contributed by atoms with van der Waals surface area (Å²) in [6.45, 7) is -0.0876. The molecule has 0 unspecified atom stereocenters. The Bertz CT molecular complexity index is 592. The zero-order valence-electron chi connectivity index (χ0n) is 8.90. The highest BCUT2D eigenvalue weighted by molar-refractivity contribution is 7.89. The van der Waals surface area contributed by atoms with Crippen molar-refractivity contribution >= 4 is 16.0 Å². The van der Waals surface area contributed by atoms with Gasteiger partial charge in [-0.05, 0) is 0 Å². The molecule has 0 atom stereocenters. The molecular formula is C6H9N9O2S. The van der Waals surface area contributed by atoms with E-state index in [0.29, 0.717) is 0 Å². The van der Waals surface area contributed by atoms with Crippen LogP contribution in [0, 0.1) is 0 Å². The third kappa shape index (κ3) is 2.73. The lowest BCUT2D eigenvalue weighted by Crippen LogP contribution is -2.24. The van der Waals surface area contributed by atoms with Crippen LogP contribution in [0.3, 0.4) is 0 Å². The van der Waals surface area contributed by atoms with E-state index in [-0.39, 0.29) is 23.2 Å². The molecule has 2 aromatic heterocycles. The van der Waals surface area contributed by atoms with Crippen LogP contribution in [-0.4, -0.2) is 39.0 Å². The van der Waals surface area contributed by atoms with Crippen molar-refractivity contribution in [3.8, 4) is 0 Å². The monoisotopic (exact) mass is 271 g/mol. The van der Waals surface area contributed by atoms with E-state index in [1.807, 2.05) is 0 Å². The van der Waals surface area contributed by atoms with E-state index < -0.39 is 10.0 Å². The second kappa shape index (κ2) is 4.99. The van der Waals surface area contributed by atoms with Crippen LogP contribution in [0.5, 0.6) is 0 Å². The van der Waals surface area contributed by atoms with E-state index in [1.54, 1.807) is 0 Å². The number of tetrazole rings is 1. The summed E-state index contributed by atoms with van der Waals surface area (Å²) < 4.78 is 25.9. The molecule has 0 saturated carbocycles. The van der Waals surface area contributed by atoms with Gasteiger partial charge in [0, 0.05) is 0 Å². The third-order valence-corrected chi connectivity index (χ3v) is 3.23. The van der Waals surface area contributed by atoms with E-state index >= 15 is 0 Å². The van der Waals surface area contributed by atoms with Gasteiger partial charge in [-0.3, -0.25) is 5.43 Å². The lowest BCUT2D eigenvalue weighted by molar-refractivity contribution is 0.578. The molecule has 11 nitrogen and oxygen atoms in total. The minimum Gasteiger partial charge on any atom is -0.292 e. The number of hydrogen-bond acceptors (Lipinski definition) is 9. The number of H-pyrrole nitrogens is 1. The topological polar surface area (TPSA) is 164 Å². The Balaban J connectivity index is 2.09. The largest absolute Gasteiger partial charge is 0.292 e. The van der Waals surface area contributed by atoms with Gasteiger partial charge in [0.05, 0.1) is 18.9 Å². The van der Waals surface area contributed by atoms with E-state index in [9.17, 15) is 8.42 Å². The fourth-order valence-electron chi connectivity index (χ4n) is 1.03. The number of nitrogens with zero attached hydrogens (tertiary/aromatic N) is 5. The second-order valence-electron chi connectivity index (χ2n) is 3.04. The van der Waals surface area contributed by atoms with Crippen LogP contribution in [0.25, 0.3) is 0 Å².